The Morgan fingerprint density at radius 1 is 1.50 bits per heavy atom. The van der Waals surface area contributed by atoms with E-state index in [1.807, 2.05) is 0 Å². The molecule has 5 nitrogen and oxygen atoms in total. The molecule has 0 bridgehead atoms. The summed E-state index contributed by atoms with van der Waals surface area (Å²) >= 11 is 0. The van der Waals surface area contributed by atoms with Crippen molar-refractivity contribution in [3.8, 4) is 0 Å². The molecule has 2 aromatic heterocycles. The van der Waals surface area contributed by atoms with Crippen molar-refractivity contribution in [1.29, 1.82) is 0 Å². The first-order valence-electron chi connectivity index (χ1n) is 4.09. The summed E-state index contributed by atoms with van der Waals surface area (Å²) in [6, 6.07) is 0. The molecule has 2 aromatic rings. The van der Waals surface area contributed by atoms with Crippen molar-refractivity contribution < 1.29 is 4.79 Å². The Kier molecular flexibility index (Phi) is 2.06. The number of nitrogens with zero attached hydrogens (tertiary/aromatic N) is 3. The number of hydrogen-bond acceptors (Lipinski definition) is 4. The lowest BCUT2D eigenvalue weighted by atomic mass is 10.2. The number of rotatable bonds is 3. The van der Waals surface area contributed by atoms with Crippen LogP contribution < -0.4 is 0 Å². The van der Waals surface area contributed by atoms with Crippen LogP contribution in [-0.4, -0.2) is 25.7 Å². The largest absolute Gasteiger partial charge is 0.342 e. The first-order chi connectivity index (χ1) is 6.81. The molecule has 5 heteroatoms. The molecule has 0 amide bonds. The smallest absolute Gasteiger partial charge is 0.180 e. The van der Waals surface area contributed by atoms with Crippen molar-refractivity contribution >= 4 is 16.9 Å². The second-order valence-corrected chi connectivity index (χ2v) is 2.77. The number of hydrogen-bond donors (Lipinski definition) is 1. The highest BCUT2D eigenvalue weighted by Gasteiger charge is 2.07. The predicted molar refractivity (Wildman–Crippen MR) is 50.6 cm³/mol. The highest BCUT2D eigenvalue weighted by Crippen LogP contribution is 2.09. The molecule has 0 saturated heterocycles. The van der Waals surface area contributed by atoms with Crippen molar-refractivity contribution in [2.45, 2.75) is 6.42 Å². The fourth-order valence-electron chi connectivity index (χ4n) is 1.19. The number of fused-ring (bicyclic) bond motifs is 1. The van der Waals surface area contributed by atoms with Crippen LogP contribution in [0.25, 0.3) is 11.2 Å². The van der Waals surface area contributed by atoms with Gasteiger partial charge in [-0.1, -0.05) is 6.58 Å². The van der Waals surface area contributed by atoms with Crippen molar-refractivity contribution in [2.24, 2.45) is 0 Å². The SMILES string of the molecule is C=CC(=O)Cc1ncnc2nc[nH]c12. The van der Waals surface area contributed by atoms with E-state index in [9.17, 15) is 4.79 Å². The van der Waals surface area contributed by atoms with Crippen LogP contribution in [0.5, 0.6) is 0 Å². The third-order valence-corrected chi connectivity index (χ3v) is 1.87. The minimum atomic E-state index is -0.0698. The molecule has 0 saturated carbocycles. The maximum Gasteiger partial charge on any atom is 0.180 e. The molecule has 2 heterocycles. The average Bonchev–Trinajstić information content (AvgIpc) is 2.66. The number of allylic oxidation sites excluding steroid dienone is 1. The summed E-state index contributed by atoms with van der Waals surface area (Å²) in [6.45, 7) is 3.41. The summed E-state index contributed by atoms with van der Waals surface area (Å²) in [7, 11) is 0. The molecule has 0 radical (unpaired) electrons. The third-order valence-electron chi connectivity index (χ3n) is 1.87. The van der Waals surface area contributed by atoms with E-state index in [2.05, 4.69) is 26.5 Å². The number of aromatic nitrogens is 4. The van der Waals surface area contributed by atoms with Gasteiger partial charge in [-0.3, -0.25) is 4.79 Å². The second-order valence-electron chi connectivity index (χ2n) is 2.77. The summed E-state index contributed by atoms with van der Waals surface area (Å²) < 4.78 is 0. The van der Waals surface area contributed by atoms with Crippen molar-refractivity contribution in [3.05, 3.63) is 31.0 Å². The van der Waals surface area contributed by atoms with Gasteiger partial charge in [-0.15, -0.1) is 0 Å². The Bertz CT molecular complexity index is 488. The Morgan fingerprint density at radius 2 is 2.36 bits per heavy atom. The fraction of sp³-hybridized carbons (Fsp3) is 0.111. The minimum absolute atomic E-state index is 0.0698. The van der Waals surface area contributed by atoms with E-state index in [1.54, 1.807) is 0 Å². The molecule has 0 aliphatic carbocycles. The van der Waals surface area contributed by atoms with Gasteiger partial charge in [-0.2, -0.15) is 0 Å². The number of ketones is 1. The number of H-pyrrole nitrogens is 1. The van der Waals surface area contributed by atoms with E-state index in [4.69, 9.17) is 0 Å². The molecule has 0 aromatic carbocycles. The molecule has 1 N–H and O–H groups in total. The number of imidazole rings is 1. The summed E-state index contributed by atoms with van der Waals surface area (Å²) in [5.74, 6) is -0.0698. The zero-order chi connectivity index (χ0) is 9.97. The maximum absolute atomic E-state index is 11.1. The van der Waals surface area contributed by atoms with Crippen LogP contribution in [-0.2, 0) is 11.2 Å². The van der Waals surface area contributed by atoms with E-state index >= 15 is 0 Å². The lowest BCUT2D eigenvalue weighted by Crippen LogP contribution is -2.01. The topological polar surface area (TPSA) is 71.5 Å². The zero-order valence-electron chi connectivity index (χ0n) is 7.40. The van der Waals surface area contributed by atoms with Crippen LogP contribution in [0.15, 0.2) is 25.3 Å². The Hall–Kier alpha value is -2.04. The number of aromatic amines is 1. The monoisotopic (exact) mass is 188 g/mol. The zero-order valence-corrected chi connectivity index (χ0v) is 7.40. The van der Waals surface area contributed by atoms with Gasteiger partial charge in [0.2, 0.25) is 0 Å². The first kappa shape index (κ1) is 8.55. The van der Waals surface area contributed by atoms with Crippen LogP contribution in [0.4, 0.5) is 0 Å². The molecule has 0 atom stereocenters. The summed E-state index contributed by atoms with van der Waals surface area (Å²) in [5, 5.41) is 0. The van der Waals surface area contributed by atoms with Gasteiger partial charge in [0, 0.05) is 0 Å². The van der Waals surface area contributed by atoms with E-state index in [-0.39, 0.29) is 12.2 Å². The van der Waals surface area contributed by atoms with Crippen LogP contribution in [0, 0.1) is 0 Å². The molecule has 0 aliphatic heterocycles. The average molecular weight is 188 g/mol. The van der Waals surface area contributed by atoms with Crippen molar-refractivity contribution in [3.63, 3.8) is 0 Å². The Labute approximate surface area is 79.9 Å². The molecule has 70 valence electrons. The Balaban J connectivity index is 2.46. The van der Waals surface area contributed by atoms with E-state index in [1.165, 1.54) is 18.7 Å². The van der Waals surface area contributed by atoms with Crippen LogP contribution in [0.1, 0.15) is 5.69 Å². The molecule has 0 unspecified atom stereocenters. The molecule has 14 heavy (non-hydrogen) atoms. The van der Waals surface area contributed by atoms with E-state index < -0.39 is 0 Å². The van der Waals surface area contributed by atoms with Gasteiger partial charge in [0.1, 0.15) is 11.8 Å². The highest BCUT2D eigenvalue weighted by atomic mass is 16.1. The van der Waals surface area contributed by atoms with Gasteiger partial charge in [-0.25, -0.2) is 15.0 Å². The second kappa shape index (κ2) is 3.37. The van der Waals surface area contributed by atoms with Gasteiger partial charge in [0.25, 0.3) is 0 Å². The van der Waals surface area contributed by atoms with Crippen LogP contribution in [0.3, 0.4) is 0 Å². The number of carbonyl (C=O) groups excluding carboxylic acids is 1. The number of nitrogens with one attached hydrogen (secondary N) is 1. The van der Waals surface area contributed by atoms with Gasteiger partial charge in [-0.05, 0) is 6.08 Å². The van der Waals surface area contributed by atoms with Gasteiger partial charge < -0.3 is 4.98 Å². The lowest BCUT2D eigenvalue weighted by molar-refractivity contribution is -0.114. The van der Waals surface area contributed by atoms with Gasteiger partial charge >= 0.3 is 0 Å². The molecule has 0 fully saturated rings. The normalized spacial score (nSPS) is 10.3. The van der Waals surface area contributed by atoms with Crippen molar-refractivity contribution in [1.82, 2.24) is 19.9 Å². The summed E-state index contributed by atoms with van der Waals surface area (Å²) in [4.78, 5) is 26.0. The Morgan fingerprint density at radius 3 is 3.14 bits per heavy atom. The van der Waals surface area contributed by atoms with Gasteiger partial charge in [0.05, 0.1) is 18.4 Å². The number of carbonyl (C=O) groups is 1. The highest BCUT2D eigenvalue weighted by molar-refractivity contribution is 5.92. The standard InChI is InChI=1S/C9H8N4O/c1-2-6(14)3-7-8-9(12-4-10-7)13-5-11-8/h2,4-5H,1,3H2,(H,10,11,12,13). The molecule has 0 spiro atoms. The predicted octanol–water partition coefficient (Wildman–Crippen LogP) is 0.650. The quantitative estimate of drug-likeness (QED) is 0.718. The molecular formula is C9H8N4O. The van der Waals surface area contributed by atoms with E-state index in [0.717, 1.165) is 0 Å². The van der Waals surface area contributed by atoms with Crippen molar-refractivity contribution in [2.75, 3.05) is 0 Å². The summed E-state index contributed by atoms with van der Waals surface area (Å²) in [6.07, 6.45) is 4.44. The fourth-order valence-corrected chi connectivity index (χ4v) is 1.19. The molecule has 0 aliphatic rings. The lowest BCUT2D eigenvalue weighted by Gasteiger charge is -1.96. The summed E-state index contributed by atoms with van der Waals surface area (Å²) in [5.41, 5.74) is 1.94. The molecule has 2 rings (SSSR count). The maximum atomic E-state index is 11.1. The first-order valence-corrected chi connectivity index (χ1v) is 4.09. The van der Waals surface area contributed by atoms with E-state index in [0.29, 0.717) is 16.9 Å². The van der Waals surface area contributed by atoms with Crippen LogP contribution >= 0.6 is 0 Å². The molecular weight excluding hydrogens is 180 g/mol. The minimum Gasteiger partial charge on any atom is -0.342 e. The third kappa shape index (κ3) is 1.39. The van der Waals surface area contributed by atoms with Gasteiger partial charge in [0.15, 0.2) is 11.4 Å². The van der Waals surface area contributed by atoms with Crippen LogP contribution in [0.2, 0.25) is 0 Å².